The Morgan fingerprint density at radius 2 is 1.72 bits per heavy atom. The van der Waals surface area contributed by atoms with Gasteiger partial charge in [-0.3, -0.25) is 9.59 Å². The van der Waals surface area contributed by atoms with Crippen molar-refractivity contribution in [2.45, 2.75) is 43.4 Å². The van der Waals surface area contributed by atoms with E-state index >= 15 is 0 Å². The standard InChI is InChI=1S/C29H35F2N5O3/c1-34-11-13-35(14-12-34)29(39)32-17-26(37)36-18-22(30)16-25(36)28(38)33-27(20-5-3-2-4-6-20)21-9-10-23(19-7-8-19)24(31)15-21/h2-6,9-10,15,19,22,25,27H,7-8,11-14,16-18H2,1H3,(H,32,39)(H,33,38). The van der Waals surface area contributed by atoms with Gasteiger partial charge in [-0.05, 0) is 48.6 Å². The Morgan fingerprint density at radius 1 is 1.00 bits per heavy atom. The first-order valence-electron chi connectivity index (χ1n) is 13.6. The number of hydrogen-bond donors (Lipinski definition) is 2. The van der Waals surface area contributed by atoms with Gasteiger partial charge in [-0.25, -0.2) is 13.6 Å². The summed E-state index contributed by atoms with van der Waals surface area (Å²) in [6.07, 6.45) is 0.450. The van der Waals surface area contributed by atoms with Crippen LogP contribution in [0.4, 0.5) is 13.6 Å². The Morgan fingerprint density at radius 3 is 2.38 bits per heavy atom. The SMILES string of the molecule is CN1CCN(C(=O)NCC(=O)N2CC(F)CC2C(=O)NC(c2ccccc2)c2ccc(C3CC3)c(F)c2)CC1. The number of rotatable bonds is 7. The van der Waals surface area contributed by atoms with Gasteiger partial charge in [0.25, 0.3) is 0 Å². The summed E-state index contributed by atoms with van der Waals surface area (Å²) in [5.74, 6) is -1.09. The van der Waals surface area contributed by atoms with Crippen LogP contribution in [-0.4, -0.2) is 91.1 Å². The lowest BCUT2D eigenvalue weighted by molar-refractivity contribution is -0.137. The molecule has 2 heterocycles. The van der Waals surface area contributed by atoms with Gasteiger partial charge in [-0.2, -0.15) is 0 Å². The topological polar surface area (TPSA) is 85.0 Å². The van der Waals surface area contributed by atoms with Crippen molar-refractivity contribution in [2.75, 3.05) is 46.3 Å². The Balaban J connectivity index is 1.27. The Bertz CT molecular complexity index is 1200. The number of nitrogens with zero attached hydrogens (tertiary/aromatic N) is 3. The van der Waals surface area contributed by atoms with E-state index in [1.165, 1.54) is 11.0 Å². The number of likely N-dealkylation sites (N-methyl/N-ethyl adjacent to an activating group) is 1. The summed E-state index contributed by atoms with van der Waals surface area (Å²) >= 11 is 0. The smallest absolute Gasteiger partial charge is 0.317 e. The number of nitrogens with one attached hydrogen (secondary N) is 2. The molecule has 10 heteroatoms. The van der Waals surface area contributed by atoms with Crippen LogP contribution >= 0.6 is 0 Å². The molecule has 3 unspecified atom stereocenters. The molecule has 0 aromatic heterocycles. The third-order valence-corrected chi connectivity index (χ3v) is 7.85. The van der Waals surface area contributed by atoms with Gasteiger partial charge in [-0.15, -0.1) is 0 Å². The van der Waals surface area contributed by atoms with E-state index in [0.717, 1.165) is 31.5 Å². The molecule has 2 aromatic rings. The van der Waals surface area contributed by atoms with Gasteiger partial charge in [0.2, 0.25) is 11.8 Å². The zero-order valence-electron chi connectivity index (χ0n) is 22.1. The quantitative estimate of drug-likeness (QED) is 0.567. The van der Waals surface area contributed by atoms with E-state index in [0.29, 0.717) is 24.2 Å². The van der Waals surface area contributed by atoms with Crippen molar-refractivity contribution < 1.29 is 23.2 Å². The summed E-state index contributed by atoms with van der Waals surface area (Å²) in [7, 11) is 1.98. The third kappa shape index (κ3) is 6.38. The lowest BCUT2D eigenvalue weighted by Crippen LogP contribution is -2.53. The molecule has 0 bridgehead atoms. The molecule has 1 aliphatic carbocycles. The van der Waals surface area contributed by atoms with E-state index in [-0.39, 0.29) is 37.3 Å². The van der Waals surface area contributed by atoms with E-state index in [9.17, 15) is 23.2 Å². The molecule has 3 fully saturated rings. The third-order valence-electron chi connectivity index (χ3n) is 7.85. The van der Waals surface area contributed by atoms with Gasteiger partial charge in [0.15, 0.2) is 0 Å². The van der Waals surface area contributed by atoms with Crippen molar-refractivity contribution in [3.8, 4) is 0 Å². The van der Waals surface area contributed by atoms with Crippen LogP contribution in [0.1, 0.15) is 47.9 Å². The molecule has 0 spiro atoms. The second kappa shape index (κ2) is 11.7. The van der Waals surface area contributed by atoms with Crippen molar-refractivity contribution >= 4 is 17.8 Å². The predicted octanol–water partition coefficient (Wildman–Crippen LogP) is 2.80. The van der Waals surface area contributed by atoms with E-state index in [2.05, 4.69) is 15.5 Å². The van der Waals surface area contributed by atoms with Crippen LogP contribution in [0, 0.1) is 5.82 Å². The molecule has 2 N–H and O–H groups in total. The number of likely N-dealkylation sites (tertiary alicyclic amines) is 1. The molecule has 3 aliphatic rings. The molecule has 3 atom stereocenters. The minimum Gasteiger partial charge on any atom is -0.343 e. The molecular formula is C29H35F2N5O3. The van der Waals surface area contributed by atoms with Crippen LogP contribution < -0.4 is 10.6 Å². The molecule has 2 saturated heterocycles. The number of carbonyl (C=O) groups is 3. The summed E-state index contributed by atoms with van der Waals surface area (Å²) in [5.41, 5.74) is 2.00. The molecule has 4 amide bonds. The summed E-state index contributed by atoms with van der Waals surface area (Å²) in [5, 5.41) is 5.56. The highest BCUT2D eigenvalue weighted by Gasteiger charge is 2.40. The zero-order chi connectivity index (χ0) is 27.5. The number of amides is 4. The number of benzene rings is 2. The van der Waals surface area contributed by atoms with E-state index < -0.39 is 30.1 Å². The Hall–Kier alpha value is -3.53. The number of piperazine rings is 1. The summed E-state index contributed by atoms with van der Waals surface area (Å²) < 4.78 is 29.4. The van der Waals surface area contributed by atoms with Crippen LogP contribution in [0.5, 0.6) is 0 Å². The second-order valence-electron chi connectivity index (χ2n) is 10.8. The number of alkyl halides is 1. The lowest BCUT2D eigenvalue weighted by Gasteiger charge is -2.32. The normalized spacial score (nSPS) is 22.4. The summed E-state index contributed by atoms with van der Waals surface area (Å²) in [4.78, 5) is 43.9. The van der Waals surface area contributed by atoms with Crippen molar-refractivity contribution in [3.05, 3.63) is 71.0 Å². The molecular weight excluding hydrogens is 504 g/mol. The number of urea groups is 1. The molecule has 1 saturated carbocycles. The largest absolute Gasteiger partial charge is 0.343 e. The van der Waals surface area contributed by atoms with Crippen molar-refractivity contribution in [1.82, 2.24) is 25.3 Å². The monoisotopic (exact) mass is 539 g/mol. The average molecular weight is 540 g/mol. The molecule has 0 radical (unpaired) electrons. The Labute approximate surface area is 227 Å². The zero-order valence-corrected chi connectivity index (χ0v) is 22.1. The maximum absolute atomic E-state index is 14.9. The fourth-order valence-electron chi connectivity index (χ4n) is 5.37. The highest BCUT2D eigenvalue weighted by molar-refractivity contribution is 5.91. The van der Waals surface area contributed by atoms with Gasteiger partial charge >= 0.3 is 6.03 Å². The van der Waals surface area contributed by atoms with Gasteiger partial charge in [0.1, 0.15) is 18.0 Å². The Kier molecular flexibility index (Phi) is 8.11. The van der Waals surface area contributed by atoms with Gasteiger partial charge in [0, 0.05) is 32.6 Å². The summed E-state index contributed by atoms with van der Waals surface area (Å²) in [6, 6.07) is 12.2. The summed E-state index contributed by atoms with van der Waals surface area (Å²) in [6.45, 7) is 2.06. The lowest BCUT2D eigenvalue weighted by atomic mass is 9.96. The molecule has 8 nitrogen and oxygen atoms in total. The predicted molar refractivity (Wildman–Crippen MR) is 142 cm³/mol. The van der Waals surface area contributed by atoms with Gasteiger partial charge in [0.05, 0.1) is 19.1 Å². The average Bonchev–Trinajstić information content (AvgIpc) is 3.70. The first kappa shape index (κ1) is 27.1. The highest BCUT2D eigenvalue weighted by Crippen LogP contribution is 2.42. The van der Waals surface area contributed by atoms with Crippen molar-refractivity contribution in [1.29, 1.82) is 0 Å². The number of hydrogen-bond acceptors (Lipinski definition) is 4. The molecule has 2 aromatic carbocycles. The van der Waals surface area contributed by atoms with Crippen LogP contribution in [-0.2, 0) is 9.59 Å². The molecule has 5 rings (SSSR count). The first-order chi connectivity index (χ1) is 18.8. The fourth-order valence-corrected chi connectivity index (χ4v) is 5.37. The minimum absolute atomic E-state index is 0.138. The van der Waals surface area contributed by atoms with Crippen LogP contribution in [0.3, 0.4) is 0 Å². The van der Waals surface area contributed by atoms with Crippen LogP contribution in [0.25, 0.3) is 0 Å². The number of carbonyl (C=O) groups excluding carboxylic acids is 3. The van der Waals surface area contributed by atoms with Crippen LogP contribution in [0.2, 0.25) is 0 Å². The van der Waals surface area contributed by atoms with Crippen molar-refractivity contribution in [2.24, 2.45) is 0 Å². The van der Waals surface area contributed by atoms with Crippen LogP contribution in [0.15, 0.2) is 48.5 Å². The maximum atomic E-state index is 14.9. The van der Waals surface area contributed by atoms with Crippen molar-refractivity contribution in [3.63, 3.8) is 0 Å². The minimum atomic E-state index is -1.36. The maximum Gasteiger partial charge on any atom is 0.317 e. The van der Waals surface area contributed by atoms with E-state index in [1.807, 2.05) is 43.4 Å². The molecule has 2 aliphatic heterocycles. The van der Waals surface area contributed by atoms with E-state index in [4.69, 9.17) is 0 Å². The van der Waals surface area contributed by atoms with Gasteiger partial charge < -0.3 is 25.3 Å². The molecule has 39 heavy (non-hydrogen) atoms. The second-order valence-corrected chi connectivity index (χ2v) is 10.8. The highest BCUT2D eigenvalue weighted by atomic mass is 19.1. The number of halogens is 2. The first-order valence-corrected chi connectivity index (χ1v) is 13.6. The van der Waals surface area contributed by atoms with Gasteiger partial charge in [-0.1, -0.05) is 42.5 Å². The molecule has 208 valence electrons. The fraction of sp³-hybridized carbons (Fsp3) is 0.483. The van der Waals surface area contributed by atoms with E-state index in [1.54, 1.807) is 11.0 Å².